The summed E-state index contributed by atoms with van der Waals surface area (Å²) in [7, 11) is 0. The lowest BCUT2D eigenvalue weighted by atomic mass is 10.1. The number of carbonyl (C=O) groups excluding carboxylic acids is 1. The van der Waals surface area contributed by atoms with E-state index in [1.54, 1.807) is 12.1 Å². The lowest BCUT2D eigenvalue weighted by Crippen LogP contribution is -2.54. The summed E-state index contributed by atoms with van der Waals surface area (Å²) in [5, 5.41) is 14.3. The molecular weight excluding hydrogens is 346 g/mol. The van der Waals surface area contributed by atoms with Crippen molar-refractivity contribution in [2.45, 2.75) is 39.3 Å². The minimum atomic E-state index is -0.398. The lowest BCUT2D eigenvalue weighted by molar-refractivity contribution is -0.384. The molecule has 0 radical (unpaired) electrons. The molecule has 0 unspecified atom stereocenters. The van der Waals surface area contributed by atoms with Gasteiger partial charge in [0.2, 0.25) is 5.91 Å². The van der Waals surface area contributed by atoms with E-state index in [2.05, 4.69) is 10.2 Å². The molecule has 1 aromatic carbocycles. The largest absolute Gasteiger partial charge is 0.353 e. The van der Waals surface area contributed by atoms with Crippen LogP contribution < -0.4 is 5.32 Å². The van der Waals surface area contributed by atoms with Gasteiger partial charge in [-0.25, -0.2) is 4.99 Å². The van der Waals surface area contributed by atoms with Crippen molar-refractivity contribution in [3.05, 3.63) is 39.9 Å². The molecule has 0 aromatic heterocycles. The van der Waals surface area contributed by atoms with Gasteiger partial charge in [-0.15, -0.1) is 0 Å². The van der Waals surface area contributed by atoms with Crippen LogP contribution in [0.1, 0.15) is 32.3 Å². The summed E-state index contributed by atoms with van der Waals surface area (Å²) in [5.74, 6) is 1.10. The molecule has 1 saturated heterocycles. The average molecular weight is 373 g/mol. The Labute approximate surface area is 159 Å². The molecule has 1 aromatic rings. The van der Waals surface area contributed by atoms with E-state index in [1.807, 2.05) is 18.7 Å². The van der Waals surface area contributed by atoms with Crippen molar-refractivity contribution in [1.29, 1.82) is 0 Å². The zero-order chi connectivity index (χ0) is 19.4. The third-order valence-corrected chi connectivity index (χ3v) is 4.85. The Morgan fingerprint density at radius 1 is 1.19 bits per heavy atom. The van der Waals surface area contributed by atoms with Gasteiger partial charge in [0, 0.05) is 50.3 Å². The third-order valence-electron chi connectivity index (χ3n) is 4.85. The highest BCUT2D eigenvalue weighted by Gasteiger charge is 2.28. The first-order chi connectivity index (χ1) is 12.9. The topological polar surface area (TPSA) is 91.1 Å². The summed E-state index contributed by atoms with van der Waals surface area (Å²) in [4.78, 5) is 31.4. The Balaban J connectivity index is 1.62. The second-order valence-corrected chi connectivity index (χ2v) is 7.45. The minimum Gasteiger partial charge on any atom is -0.353 e. The van der Waals surface area contributed by atoms with E-state index in [0.29, 0.717) is 25.7 Å². The molecule has 0 atom stereocenters. The summed E-state index contributed by atoms with van der Waals surface area (Å²) >= 11 is 0. The molecule has 1 saturated carbocycles. The van der Waals surface area contributed by atoms with Gasteiger partial charge in [-0.1, -0.05) is 26.0 Å². The number of piperazine rings is 1. The van der Waals surface area contributed by atoms with E-state index in [9.17, 15) is 14.9 Å². The fourth-order valence-electron chi connectivity index (χ4n) is 3.04. The number of nitrogens with one attached hydrogen (secondary N) is 1. The quantitative estimate of drug-likeness (QED) is 0.369. The molecule has 2 aliphatic rings. The zero-order valence-corrected chi connectivity index (χ0v) is 15.9. The number of guanidine groups is 1. The Bertz CT molecular complexity index is 705. The van der Waals surface area contributed by atoms with Gasteiger partial charge in [0.1, 0.15) is 0 Å². The smallest absolute Gasteiger partial charge is 0.269 e. The number of non-ortho nitro benzene ring substituents is 1. The molecular formula is C19H27N5O3. The van der Waals surface area contributed by atoms with E-state index in [4.69, 9.17) is 4.99 Å². The first-order valence-electron chi connectivity index (χ1n) is 9.52. The molecule has 1 amide bonds. The SMILES string of the molecule is CC(C)C(=O)N1CCN(C(=NCc2ccc([N+](=O)[O-])cc2)NC2CC2)CC1. The number of hydrogen-bond donors (Lipinski definition) is 1. The number of hydrogen-bond acceptors (Lipinski definition) is 4. The van der Waals surface area contributed by atoms with Crippen molar-refractivity contribution >= 4 is 17.6 Å². The number of rotatable bonds is 5. The summed E-state index contributed by atoms with van der Waals surface area (Å²) in [6, 6.07) is 6.99. The van der Waals surface area contributed by atoms with E-state index >= 15 is 0 Å². The van der Waals surface area contributed by atoms with Crippen molar-refractivity contribution in [2.75, 3.05) is 26.2 Å². The number of nitrogens with zero attached hydrogens (tertiary/aromatic N) is 4. The lowest BCUT2D eigenvalue weighted by Gasteiger charge is -2.37. The molecule has 8 nitrogen and oxygen atoms in total. The van der Waals surface area contributed by atoms with Crippen LogP contribution in [0, 0.1) is 16.0 Å². The van der Waals surface area contributed by atoms with Gasteiger partial charge in [0.15, 0.2) is 5.96 Å². The Hall–Kier alpha value is -2.64. The van der Waals surface area contributed by atoms with Crippen molar-refractivity contribution in [2.24, 2.45) is 10.9 Å². The normalized spacial score (nSPS) is 18.0. The molecule has 1 N–H and O–H groups in total. The molecule has 27 heavy (non-hydrogen) atoms. The van der Waals surface area contributed by atoms with Crippen LogP contribution >= 0.6 is 0 Å². The predicted octanol–water partition coefficient (Wildman–Crippen LogP) is 2.00. The van der Waals surface area contributed by atoms with Crippen LogP contribution in [0.25, 0.3) is 0 Å². The number of aliphatic imine (C=N–C) groups is 1. The summed E-state index contributed by atoms with van der Waals surface area (Å²) < 4.78 is 0. The second kappa shape index (κ2) is 8.37. The summed E-state index contributed by atoms with van der Waals surface area (Å²) in [5.41, 5.74) is 1.02. The van der Waals surface area contributed by atoms with Crippen molar-refractivity contribution in [3.8, 4) is 0 Å². The Morgan fingerprint density at radius 3 is 2.30 bits per heavy atom. The van der Waals surface area contributed by atoms with Gasteiger partial charge in [0.25, 0.3) is 5.69 Å². The molecule has 1 aliphatic heterocycles. The van der Waals surface area contributed by atoms with Gasteiger partial charge in [-0.05, 0) is 18.4 Å². The van der Waals surface area contributed by atoms with Crippen LogP contribution in [-0.2, 0) is 11.3 Å². The van der Waals surface area contributed by atoms with Crippen LogP contribution in [-0.4, -0.2) is 58.8 Å². The van der Waals surface area contributed by atoms with Crippen molar-refractivity contribution in [1.82, 2.24) is 15.1 Å². The second-order valence-electron chi connectivity index (χ2n) is 7.45. The molecule has 8 heteroatoms. The summed E-state index contributed by atoms with van der Waals surface area (Å²) in [6.07, 6.45) is 2.31. The number of carbonyl (C=O) groups is 1. The van der Waals surface area contributed by atoms with Crippen LogP contribution in [0.2, 0.25) is 0 Å². The van der Waals surface area contributed by atoms with Gasteiger partial charge < -0.3 is 15.1 Å². The highest BCUT2D eigenvalue weighted by Crippen LogP contribution is 2.20. The molecule has 3 rings (SSSR count). The fraction of sp³-hybridized carbons (Fsp3) is 0.579. The molecule has 2 fully saturated rings. The maximum atomic E-state index is 12.2. The Kier molecular flexibility index (Phi) is 5.93. The van der Waals surface area contributed by atoms with Crippen molar-refractivity contribution in [3.63, 3.8) is 0 Å². The van der Waals surface area contributed by atoms with Crippen LogP contribution in [0.15, 0.2) is 29.3 Å². The van der Waals surface area contributed by atoms with Gasteiger partial charge in [0.05, 0.1) is 11.5 Å². The third kappa shape index (κ3) is 5.18. The number of benzene rings is 1. The molecule has 1 aliphatic carbocycles. The predicted molar refractivity (Wildman–Crippen MR) is 103 cm³/mol. The van der Waals surface area contributed by atoms with Crippen LogP contribution in [0.5, 0.6) is 0 Å². The Morgan fingerprint density at radius 2 is 1.78 bits per heavy atom. The monoisotopic (exact) mass is 373 g/mol. The summed E-state index contributed by atoms with van der Waals surface area (Å²) in [6.45, 7) is 7.27. The van der Waals surface area contributed by atoms with E-state index in [-0.39, 0.29) is 17.5 Å². The zero-order valence-electron chi connectivity index (χ0n) is 15.9. The maximum absolute atomic E-state index is 12.2. The maximum Gasteiger partial charge on any atom is 0.269 e. The first kappa shape index (κ1) is 19.1. The van der Waals surface area contributed by atoms with E-state index in [0.717, 1.165) is 37.5 Å². The standard InChI is InChI=1S/C19H27N5O3/c1-14(2)18(25)22-9-11-23(12-10-22)19(21-16-5-6-16)20-13-15-3-7-17(8-4-15)24(26)27/h3-4,7-8,14,16H,5-6,9-13H2,1-2H3,(H,20,21). The van der Waals surface area contributed by atoms with Crippen LogP contribution in [0.3, 0.4) is 0 Å². The van der Waals surface area contributed by atoms with Gasteiger partial charge in [-0.2, -0.15) is 0 Å². The van der Waals surface area contributed by atoms with Crippen molar-refractivity contribution < 1.29 is 9.72 Å². The van der Waals surface area contributed by atoms with Gasteiger partial charge >= 0.3 is 0 Å². The average Bonchev–Trinajstić information content (AvgIpc) is 3.49. The molecule has 1 heterocycles. The molecule has 0 spiro atoms. The van der Waals surface area contributed by atoms with E-state index in [1.165, 1.54) is 12.1 Å². The highest BCUT2D eigenvalue weighted by molar-refractivity contribution is 5.82. The number of nitro benzene ring substituents is 1. The van der Waals surface area contributed by atoms with E-state index < -0.39 is 4.92 Å². The highest BCUT2D eigenvalue weighted by atomic mass is 16.6. The fourth-order valence-corrected chi connectivity index (χ4v) is 3.04. The molecule has 146 valence electrons. The number of amides is 1. The first-order valence-corrected chi connectivity index (χ1v) is 9.52. The minimum absolute atomic E-state index is 0.0245. The van der Waals surface area contributed by atoms with Crippen LogP contribution in [0.4, 0.5) is 5.69 Å². The number of nitro groups is 1. The molecule has 0 bridgehead atoms. The van der Waals surface area contributed by atoms with Gasteiger partial charge in [-0.3, -0.25) is 14.9 Å².